The van der Waals surface area contributed by atoms with E-state index in [-0.39, 0.29) is 0 Å². The number of aromatic nitrogens is 1. The summed E-state index contributed by atoms with van der Waals surface area (Å²) in [5, 5.41) is 3.27. The minimum Gasteiger partial charge on any atom is -0.353 e. The third-order valence-corrected chi connectivity index (χ3v) is 4.29. The molecule has 118 valence electrons. The highest BCUT2D eigenvalue weighted by Crippen LogP contribution is 2.29. The summed E-state index contributed by atoms with van der Waals surface area (Å²) >= 11 is 0. The van der Waals surface area contributed by atoms with Crippen LogP contribution in [-0.4, -0.2) is 24.6 Å². The maximum atomic E-state index is 4.93. The van der Waals surface area contributed by atoms with Crippen LogP contribution in [0, 0.1) is 5.92 Å². The van der Waals surface area contributed by atoms with Gasteiger partial charge in [-0.3, -0.25) is 0 Å². The number of anilines is 1. The molecule has 1 aliphatic carbocycles. The molecule has 0 amide bonds. The summed E-state index contributed by atoms with van der Waals surface area (Å²) in [4.78, 5) is 7.51. The first-order chi connectivity index (χ1) is 10.1. The van der Waals surface area contributed by atoms with Gasteiger partial charge in [0.25, 0.3) is 0 Å². The largest absolute Gasteiger partial charge is 0.353 e. The lowest BCUT2D eigenvalue weighted by Gasteiger charge is -2.32. The summed E-state index contributed by atoms with van der Waals surface area (Å²) in [6, 6.07) is 5.22. The Morgan fingerprint density at radius 1 is 1.29 bits per heavy atom. The van der Waals surface area contributed by atoms with Gasteiger partial charge < -0.3 is 10.2 Å². The van der Waals surface area contributed by atoms with E-state index < -0.39 is 0 Å². The molecule has 1 heterocycles. The van der Waals surface area contributed by atoms with E-state index in [1.165, 1.54) is 42.8 Å². The molecule has 0 bridgehead atoms. The van der Waals surface area contributed by atoms with Gasteiger partial charge in [-0.2, -0.15) is 0 Å². The van der Waals surface area contributed by atoms with Gasteiger partial charge in [0.1, 0.15) is 5.82 Å². The molecule has 2 rings (SSSR count). The van der Waals surface area contributed by atoms with E-state index in [9.17, 15) is 0 Å². The molecule has 0 unspecified atom stereocenters. The monoisotopic (exact) mass is 289 g/mol. The van der Waals surface area contributed by atoms with Crippen molar-refractivity contribution in [3.63, 3.8) is 0 Å². The Morgan fingerprint density at radius 3 is 2.57 bits per heavy atom. The molecule has 0 saturated heterocycles. The number of hydrogen-bond acceptors (Lipinski definition) is 3. The van der Waals surface area contributed by atoms with Crippen LogP contribution in [0.4, 0.5) is 5.82 Å². The number of nitrogens with zero attached hydrogens (tertiary/aromatic N) is 2. The Labute approximate surface area is 130 Å². The smallest absolute Gasteiger partial charge is 0.129 e. The van der Waals surface area contributed by atoms with Gasteiger partial charge in [0.15, 0.2) is 0 Å². The fourth-order valence-electron chi connectivity index (χ4n) is 3.31. The number of pyridine rings is 1. The Balaban J connectivity index is 2.30. The molecule has 1 saturated carbocycles. The fourth-order valence-corrected chi connectivity index (χ4v) is 3.31. The molecule has 0 atom stereocenters. The molecule has 1 aliphatic rings. The number of nitrogens with one attached hydrogen (secondary N) is 1. The third kappa shape index (κ3) is 4.44. The van der Waals surface area contributed by atoms with Crippen LogP contribution >= 0.6 is 0 Å². The zero-order chi connectivity index (χ0) is 15.2. The summed E-state index contributed by atoms with van der Waals surface area (Å²) in [6.45, 7) is 8.84. The van der Waals surface area contributed by atoms with Gasteiger partial charge in [0.2, 0.25) is 0 Å². The first kappa shape index (κ1) is 16.3. The summed E-state index contributed by atoms with van der Waals surface area (Å²) < 4.78 is 0. The standard InChI is InChI=1S/C18H31N3/c1-5-16-10-15(12-19-4)11-18(20-16)21(13-14(2)3)17-8-6-7-9-17/h10-11,14,17,19H,5-9,12-13H2,1-4H3. The van der Waals surface area contributed by atoms with E-state index in [0.717, 1.165) is 19.5 Å². The average Bonchev–Trinajstić information content (AvgIpc) is 2.98. The van der Waals surface area contributed by atoms with Crippen molar-refractivity contribution >= 4 is 5.82 Å². The van der Waals surface area contributed by atoms with E-state index >= 15 is 0 Å². The maximum Gasteiger partial charge on any atom is 0.129 e. The quantitative estimate of drug-likeness (QED) is 0.828. The summed E-state index contributed by atoms with van der Waals surface area (Å²) in [7, 11) is 2.01. The first-order valence-corrected chi connectivity index (χ1v) is 8.55. The van der Waals surface area contributed by atoms with Gasteiger partial charge in [0, 0.05) is 24.8 Å². The number of aryl methyl sites for hydroxylation is 1. The molecule has 0 aromatic carbocycles. The second-order valence-corrected chi connectivity index (χ2v) is 6.69. The molecule has 1 aromatic heterocycles. The SMILES string of the molecule is CCc1cc(CNC)cc(N(CC(C)C)C2CCCC2)n1. The van der Waals surface area contributed by atoms with Gasteiger partial charge in [0.05, 0.1) is 0 Å². The van der Waals surface area contributed by atoms with E-state index in [2.05, 4.69) is 43.1 Å². The predicted molar refractivity (Wildman–Crippen MR) is 90.8 cm³/mol. The van der Waals surface area contributed by atoms with Crippen LogP contribution in [0.15, 0.2) is 12.1 Å². The van der Waals surface area contributed by atoms with Gasteiger partial charge in [-0.15, -0.1) is 0 Å². The normalized spacial score (nSPS) is 15.9. The van der Waals surface area contributed by atoms with Crippen LogP contribution in [-0.2, 0) is 13.0 Å². The molecular formula is C18H31N3. The summed E-state index contributed by atoms with van der Waals surface area (Å²) in [5.74, 6) is 1.87. The van der Waals surface area contributed by atoms with Crippen molar-refractivity contribution in [3.05, 3.63) is 23.4 Å². The molecule has 1 fully saturated rings. The van der Waals surface area contributed by atoms with E-state index in [1.54, 1.807) is 0 Å². The van der Waals surface area contributed by atoms with Crippen molar-refractivity contribution in [2.75, 3.05) is 18.5 Å². The van der Waals surface area contributed by atoms with E-state index in [4.69, 9.17) is 4.98 Å². The van der Waals surface area contributed by atoms with Gasteiger partial charge in [-0.1, -0.05) is 33.6 Å². The van der Waals surface area contributed by atoms with Crippen molar-refractivity contribution in [2.45, 2.75) is 65.5 Å². The number of rotatable bonds is 7. The van der Waals surface area contributed by atoms with Crippen LogP contribution in [0.5, 0.6) is 0 Å². The van der Waals surface area contributed by atoms with Crippen LogP contribution < -0.4 is 10.2 Å². The highest BCUT2D eigenvalue weighted by atomic mass is 15.2. The zero-order valence-electron chi connectivity index (χ0n) is 14.2. The van der Waals surface area contributed by atoms with Crippen molar-refractivity contribution in [1.29, 1.82) is 0 Å². The summed E-state index contributed by atoms with van der Waals surface area (Å²) in [6.07, 6.45) is 6.40. The van der Waals surface area contributed by atoms with Crippen LogP contribution in [0.25, 0.3) is 0 Å². The molecule has 21 heavy (non-hydrogen) atoms. The second-order valence-electron chi connectivity index (χ2n) is 6.69. The Morgan fingerprint density at radius 2 is 2.00 bits per heavy atom. The van der Waals surface area contributed by atoms with Crippen LogP contribution in [0.1, 0.15) is 57.7 Å². The fraction of sp³-hybridized carbons (Fsp3) is 0.722. The molecule has 0 aliphatic heterocycles. The molecule has 0 radical (unpaired) electrons. The van der Waals surface area contributed by atoms with Crippen molar-refractivity contribution in [1.82, 2.24) is 10.3 Å². The highest BCUT2D eigenvalue weighted by molar-refractivity contribution is 5.44. The van der Waals surface area contributed by atoms with Crippen molar-refractivity contribution in [2.24, 2.45) is 5.92 Å². The Bertz CT molecular complexity index is 436. The van der Waals surface area contributed by atoms with Crippen LogP contribution in [0.3, 0.4) is 0 Å². The minimum absolute atomic E-state index is 0.672. The Hall–Kier alpha value is -1.09. The Kier molecular flexibility index (Phi) is 6.04. The topological polar surface area (TPSA) is 28.2 Å². The lowest BCUT2D eigenvalue weighted by Crippen LogP contribution is -2.37. The molecular weight excluding hydrogens is 258 g/mol. The lowest BCUT2D eigenvalue weighted by molar-refractivity contribution is 0.530. The zero-order valence-corrected chi connectivity index (χ0v) is 14.2. The van der Waals surface area contributed by atoms with Gasteiger partial charge in [-0.25, -0.2) is 4.98 Å². The minimum atomic E-state index is 0.672. The predicted octanol–water partition coefficient (Wildman–Crippen LogP) is 3.77. The van der Waals surface area contributed by atoms with Crippen molar-refractivity contribution in [3.8, 4) is 0 Å². The van der Waals surface area contributed by atoms with E-state index in [1.807, 2.05) is 7.05 Å². The molecule has 0 spiro atoms. The lowest BCUT2D eigenvalue weighted by atomic mass is 10.1. The van der Waals surface area contributed by atoms with Gasteiger partial charge in [-0.05, 0) is 49.9 Å². The van der Waals surface area contributed by atoms with Crippen LogP contribution in [0.2, 0.25) is 0 Å². The molecule has 1 aromatic rings. The average molecular weight is 289 g/mol. The van der Waals surface area contributed by atoms with Gasteiger partial charge >= 0.3 is 0 Å². The maximum absolute atomic E-state index is 4.93. The van der Waals surface area contributed by atoms with E-state index in [0.29, 0.717) is 12.0 Å². The second kappa shape index (κ2) is 7.79. The first-order valence-electron chi connectivity index (χ1n) is 8.55. The van der Waals surface area contributed by atoms with Crippen molar-refractivity contribution < 1.29 is 0 Å². The molecule has 3 heteroatoms. The number of hydrogen-bond donors (Lipinski definition) is 1. The molecule has 1 N–H and O–H groups in total. The molecule has 3 nitrogen and oxygen atoms in total. The third-order valence-electron chi connectivity index (χ3n) is 4.29. The highest BCUT2D eigenvalue weighted by Gasteiger charge is 2.24. The summed E-state index contributed by atoms with van der Waals surface area (Å²) in [5.41, 5.74) is 2.57.